The van der Waals surface area contributed by atoms with Gasteiger partial charge in [-0.15, -0.1) is 0 Å². The van der Waals surface area contributed by atoms with Crippen molar-refractivity contribution in [2.45, 2.75) is 19.8 Å². The number of fused-ring (bicyclic) bond motifs is 1. The van der Waals surface area contributed by atoms with Gasteiger partial charge in [-0.05, 0) is 42.3 Å². The van der Waals surface area contributed by atoms with E-state index in [1.807, 2.05) is 30.3 Å². The molecule has 6 nitrogen and oxygen atoms in total. The molecule has 0 unspecified atom stereocenters. The fourth-order valence-electron chi connectivity index (χ4n) is 2.84. The number of methoxy groups -OCH3 is 1. The molecule has 3 aromatic rings. The van der Waals surface area contributed by atoms with Crippen LogP contribution in [0.25, 0.3) is 10.9 Å². The summed E-state index contributed by atoms with van der Waals surface area (Å²) in [5.41, 5.74) is 3.54. The molecule has 0 aliphatic rings. The molecule has 0 radical (unpaired) electrons. The van der Waals surface area contributed by atoms with Crippen LogP contribution in [0.3, 0.4) is 0 Å². The minimum absolute atomic E-state index is 0.00815. The molecule has 6 heteroatoms. The van der Waals surface area contributed by atoms with Crippen molar-refractivity contribution in [2.75, 3.05) is 24.4 Å². The maximum Gasteiger partial charge on any atom is 0.256 e. The van der Waals surface area contributed by atoms with Gasteiger partial charge in [0.15, 0.2) is 0 Å². The number of nitrogens with one attached hydrogen (secondary N) is 2. The van der Waals surface area contributed by atoms with Gasteiger partial charge in [0.05, 0.1) is 11.1 Å². The van der Waals surface area contributed by atoms with E-state index < -0.39 is 0 Å². The number of nitrogens with zero attached hydrogens (tertiary/aromatic N) is 1. The third kappa shape index (κ3) is 4.53. The summed E-state index contributed by atoms with van der Waals surface area (Å²) in [6.07, 6.45) is 0. The van der Waals surface area contributed by atoms with E-state index in [4.69, 9.17) is 4.74 Å². The average Bonchev–Trinajstić information content (AvgIpc) is 2.68. The van der Waals surface area contributed by atoms with E-state index in [0.717, 1.165) is 16.6 Å². The number of benzene rings is 2. The van der Waals surface area contributed by atoms with Gasteiger partial charge in [0.25, 0.3) is 5.91 Å². The number of rotatable bonds is 6. The molecule has 1 aromatic heterocycles. The highest BCUT2D eigenvalue weighted by atomic mass is 16.5. The second-order valence-corrected chi connectivity index (χ2v) is 6.78. The number of carbonyl (C=O) groups is 2. The lowest BCUT2D eigenvalue weighted by Crippen LogP contribution is -2.17. The first-order valence-corrected chi connectivity index (χ1v) is 9.08. The number of pyridine rings is 1. The van der Waals surface area contributed by atoms with Crippen molar-refractivity contribution < 1.29 is 14.3 Å². The number of para-hydroxylation sites is 1. The molecular formula is C22H23N3O3. The van der Waals surface area contributed by atoms with Crippen LogP contribution in [0, 0.1) is 0 Å². The average molecular weight is 377 g/mol. The number of amides is 2. The van der Waals surface area contributed by atoms with E-state index in [2.05, 4.69) is 29.5 Å². The Labute approximate surface area is 163 Å². The highest BCUT2D eigenvalue weighted by molar-refractivity contribution is 6.12. The zero-order chi connectivity index (χ0) is 20.1. The van der Waals surface area contributed by atoms with Crippen LogP contribution in [-0.2, 0) is 9.53 Å². The van der Waals surface area contributed by atoms with Gasteiger partial charge in [-0.1, -0.05) is 32.0 Å². The van der Waals surface area contributed by atoms with E-state index >= 15 is 0 Å². The lowest BCUT2D eigenvalue weighted by atomic mass is 10.0. The van der Waals surface area contributed by atoms with Gasteiger partial charge in [0, 0.05) is 29.6 Å². The van der Waals surface area contributed by atoms with Crippen molar-refractivity contribution in [1.29, 1.82) is 0 Å². The van der Waals surface area contributed by atoms with Crippen molar-refractivity contribution in [3.05, 3.63) is 65.9 Å². The van der Waals surface area contributed by atoms with Gasteiger partial charge >= 0.3 is 0 Å². The molecule has 28 heavy (non-hydrogen) atoms. The van der Waals surface area contributed by atoms with Gasteiger partial charge in [-0.3, -0.25) is 14.6 Å². The molecule has 0 saturated carbocycles. The second-order valence-electron chi connectivity index (χ2n) is 6.78. The monoisotopic (exact) mass is 377 g/mol. The fourth-order valence-corrected chi connectivity index (χ4v) is 2.84. The normalized spacial score (nSPS) is 10.9. The Morgan fingerprint density at radius 3 is 2.29 bits per heavy atom. The summed E-state index contributed by atoms with van der Waals surface area (Å²) in [5, 5.41) is 6.45. The first kappa shape index (κ1) is 19.5. The van der Waals surface area contributed by atoms with Crippen LogP contribution < -0.4 is 10.6 Å². The van der Waals surface area contributed by atoms with Crippen molar-refractivity contribution in [3.8, 4) is 0 Å². The van der Waals surface area contributed by atoms with Crippen LogP contribution in [0.1, 0.15) is 35.8 Å². The van der Waals surface area contributed by atoms with E-state index in [0.29, 0.717) is 16.9 Å². The largest absolute Gasteiger partial charge is 0.375 e. The first-order valence-electron chi connectivity index (χ1n) is 9.08. The quantitative estimate of drug-likeness (QED) is 0.675. The van der Waals surface area contributed by atoms with Gasteiger partial charge in [0.1, 0.15) is 6.61 Å². The predicted octanol–water partition coefficient (Wildman–Crippen LogP) is 4.20. The Morgan fingerprint density at radius 2 is 1.64 bits per heavy atom. The molecule has 2 amide bonds. The number of aromatic nitrogens is 1. The Kier molecular flexibility index (Phi) is 6.01. The summed E-state index contributed by atoms with van der Waals surface area (Å²) < 4.78 is 4.79. The number of hydrogen-bond donors (Lipinski definition) is 2. The summed E-state index contributed by atoms with van der Waals surface area (Å²) in [4.78, 5) is 29.1. The van der Waals surface area contributed by atoms with Gasteiger partial charge < -0.3 is 15.4 Å². The molecule has 0 bridgehead atoms. The Morgan fingerprint density at radius 1 is 1.00 bits per heavy atom. The third-order valence-corrected chi connectivity index (χ3v) is 4.27. The number of anilines is 2. The van der Waals surface area contributed by atoms with Gasteiger partial charge in [-0.2, -0.15) is 0 Å². The highest BCUT2D eigenvalue weighted by Gasteiger charge is 2.14. The number of carbonyl (C=O) groups excluding carboxylic acids is 2. The minimum atomic E-state index is -0.233. The predicted molar refractivity (Wildman–Crippen MR) is 111 cm³/mol. The molecular weight excluding hydrogens is 354 g/mol. The van der Waals surface area contributed by atoms with E-state index in [9.17, 15) is 9.59 Å². The zero-order valence-corrected chi connectivity index (χ0v) is 16.2. The summed E-state index contributed by atoms with van der Waals surface area (Å²) >= 11 is 0. The van der Waals surface area contributed by atoms with Gasteiger partial charge in [0.2, 0.25) is 5.91 Å². The molecule has 0 fully saturated rings. The van der Waals surface area contributed by atoms with E-state index in [-0.39, 0.29) is 24.3 Å². The third-order valence-electron chi connectivity index (χ3n) is 4.27. The van der Waals surface area contributed by atoms with Crippen molar-refractivity contribution in [3.63, 3.8) is 0 Å². The van der Waals surface area contributed by atoms with E-state index in [1.165, 1.54) is 7.11 Å². The summed E-state index contributed by atoms with van der Waals surface area (Å²) in [6, 6.07) is 16.4. The lowest BCUT2D eigenvalue weighted by molar-refractivity contribution is -0.119. The van der Waals surface area contributed by atoms with Crippen LogP contribution >= 0.6 is 0 Å². The summed E-state index contributed by atoms with van der Waals surface area (Å²) in [6.45, 7) is 4.09. The summed E-state index contributed by atoms with van der Waals surface area (Å²) in [5.74, 6) is -0.216. The smallest absolute Gasteiger partial charge is 0.256 e. The molecule has 3 rings (SSSR count). The van der Waals surface area contributed by atoms with Gasteiger partial charge in [-0.25, -0.2) is 0 Å². The standard InChI is InChI=1S/C22H23N3O3/c1-14(2)20-12-18(17-6-4-5-7-19(17)25-20)22(27)24-16-10-8-15(9-11-16)23-21(26)13-28-3/h4-12,14H,13H2,1-3H3,(H,23,26)(H,24,27). The Balaban J connectivity index is 1.82. The fraction of sp³-hybridized carbons (Fsp3) is 0.227. The zero-order valence-electron chi connectivity index (χ0n) is 16.2. The van der Waals surface area contributed by atoms with Crippen LogP contribution in [0.4, 0.5) is 11.4 Å². The molecule has 0 aliphatic heterocycles. The molecule has 0 atom stereocenters. The van der Waals surface area contributed by atoms with Crippen LogP contribution in [0.2, 0.25) is 0 Å². The van der Waals surface area contributed by atoms with Crippen molar-refractivity contribution >= 4 is 34.1 Å². The Bertz CT molecular complexity index is 998. The molecule has 0 saturated heterocycles. The lowest BCUT2D eigenvalue weighted by Gasteiger charge is -2.12. The Hall–Kier alpha value is -3.25. The van der Waals surface area contributed by atoms with Crippen LogP contribution in [-0.4, -0.2) is 30.5 Å². The molecule has 0 aliphatic carbocycles. The maximum absolute atomic E-state index is 12.9. The highest BCUT2D eigenvalue weighted by Crippen LogP contribution is 2.23. The molecule has 2 aromatic carbocycles. The number of ether oxygens (including phenoxy) is 1. The molecule has 144 valence electrons. The first-order chi connectivity index (χ1) is 13.5. The van der Waals surface area contributed by atoms with Crippen LogP contribution in [0.5, 0.6) is 0 Å². The van der Waals surface area contributed by atoms with Crippen molar-refractivity contribution in [1.82, 2.24) is 4.98 Å². The molecule has 1 heterocycles. The topological polar surface area (TPSA) is 80.3 Å². The maximum atomic E-state index is 12.9. The minimum Gasteiger partial charge on any atom is -0.375 e. The number of hydrogen-bond acceptors (Lipinski definition) is 4. The SMILES string of the molecule is COCC(=O)Nc1ccc(NC(=O)c2cc(C(C)C)nc3ccccc23)cc1. The summed E-state index contributed by atoms with van der Waals surface area (Å²) in [7, 11) is 1.46. The van der Waals surface area contributed by atoms with Crippen LogP contribution in [0.15, 0.2) is 54.6 Å². The van der Waals surface area contributed by atoms with E-state index in [1.54, 1.807) is 24.3 Å². The molecule has 2 N–H and O–H groups in total. The van der Waals surface area contributed by atoms with Crippen molar-refractivity contribution in [2.24, 2.45) is 0 Å². The molecule has 0 spiro atoms. The second kappa shape index (κ2) is 8.63.